The van der Waals surface area contributed by atoms with Crippen LogP contribution in [-0.2, 0) is 0 Å². The molecule has 8 nitrogen and oxygen atoms in total. The highest BCUT2D eigenvalue weighted by molar-refractivity contribution is 6.31. The second kappa shape index (κ2) is 15.1. The van der Waals surface area contributed by atoms with E-state index in [1.807, 2.05) is 103 Å². The van der Waals surface area contributed by atoms with Crippen LogP contribution in [0.15, 0.2) is 168 Å². The van der Waals surface area contributed by atoms with Crippen molar-refractivity contribution in [3.8, 4) is 22.5 Å². The number of aromatic nitrogens is 2. The topological polar surface area (TPSA) is 109 Å². The van der Waals surface area contributed by atoms with Gasteiger partial charge in [-0.2, -0.15) is 5.11 Å². The predicted octanol–water partition coefficient (Wildman–Crippen LogP) is 12.3. The first kappa shape index (κ1) is 34.4. The third-order valence-electron chi connectivity index (χ3n) is 8.73. The number of fused-ring (bicyclic) bond motifs is 2. The van der Waals surface area contributed by atoms with Gasteiger partial charge in [0.15, 0.2) is 0 Å². The highest BCUT2D eigenvalue weighted by Gasteiger charge is 2.19. The van der Waals surface area contributed by atoms with E-state index in [2.05, 4.69) is 20.9 Å². The fraction of sp³-hybridized carbons (Fsp3) is 0. The number of amides is 2. The highest BCUT2D eigenvalue weighted by atomic mass is 35.5. The fourth-order valence-electron chi connectivity index (χ4n) is 6.06. The molecule has 2 N–H and O–H groups in total. The van der Waals surface area contributed by atoms with E-state index in [4.69, 9.17) is 33.2 Å². The molecule has 54 heavy (non-hydrogen) atoms. The van der Waals surface area contributed by atoms with Gasteiger partial charge >= 0.3 is 0 Å². The summed E-state index contributed by atoms with van der Waals surface area (Å²) >= 11 is 12.3. The first-order valence-corrected chi connectivity index (χ1v) is 17.7. The van der Waals surface area contributed by atoms with Crippen LogP contribution in [0.2, 0.25) is 10.0 Å². The Morgan fingerprint density at radius 2 is 1.00 bits per heavy atom. The molecular formula is C44H28Cl2N6O2. The molecule has 8 rings (SSSR count). The first-order valence-electron chi connectivity index (χ1n) is 16.9. The van der Waals surface area contributed by atoms with Crippen LogP contribution in [0.5, 0.6) is 0 Å². The van der Waals surface area contributed by atoms with Gasteiger partial charge in [-0.15, -0.1) is 5.11 Å². The van der Waals surface area contributed by atoms with Crippen molar-refractivity contribution < 1.29 is 9.59 Å². The van der Waals surface area contributed by atoms with E-state index in [1.54, 1.807) is 54.6 Å². The van der Waals surface area contributed by atoms with Gasteiger partial charge in [0.05, 0.1) is 44.9 Å². The number of halogens is 2. The van der Waals surface area contributed by atoms with Crippen molar-refractivity contribution in [2.75, 3.05) is 10.6 Å². The van der Waals surface area contributed by atoms with Crippen molar-refractivity contribution in [3.63, 3.8) is 0 Å². The first-order chi connectivity index (χ1) is 26.4. The van der Waals surface area contributed by atoms with Crippen LogP contribution < -0.4 is 10.6 Å². The van der Waals surface area contributed by atoms with Crippen LogP contribution in [0.25, 0.3) is 44.3 Å². The molecule has 0 saturated heterocycles. The van der Waals surface area contributed by atoms with Gasteiger partial charge in [-0.25, -0.2) is 9.97 Å². The molecule has 260 valence electrons. The van der Waals surface area contributed by atoms with Crippen molar-refractivity contribution in [1.29, 1.82) is 0 Å². The number of carbonyl (C=O) groups excluding carboxylic acids is 2. The van der Waals surface area contributed by atoms with Gasteiger partial charge in [0.2, 0.25) is 0 Å². The molecule has 0 bridgehead atoms. The summed E-state index contributed by atoms with van der Waals surface area (Å²) in [6.45, 7) is 0. The van der Waals surface area contributed by atoms with Gasteiger partial charge in [-0.1, -0.05) is 102 Å². The number of pyridine rings is 2. The molecule has 6 aromatic carbocycles. The molecule has 2 amide bonds. The quantitative estimate of drug-likeness (QED) is 0.151. The maximum Gasteiger partial charge on any atom is 0.256 e. The van der Waals surface area contributed by atoms with E-state index in [0.29, 0.717) is 77.1 Å². The van der Waals surface area contributed by atoms with Crippen LogP contribution in [0.4, 0.5) is 22.7 Å². The Kier molecular flexibility index (Phi) is 9.60. The molecule has 0 radical (unpaired) electrons. The van der Waals surface area contributed by atoms with Gasteiger partial charge in [0.25, 0.3) is 11.8 Å². The van der Waals surface area contributed by atoms with Crippen molar-refractivity contribution in [2.45, 2.75) is 0 Å². The van der Waals surface area contributed by atoms with Crippen LogP contribution >= 0.6 is 23.2 Å². The lowest BCUT2D eigenvalue weighted by molar-refractivity contribution is 0.102. The molecule has 0 aliphatic rings. The molecule has 0 aliphatic carbocycles. The van der Waals surface area contributed by atoms with E-state index >= 15 is 0 Å². The maximum atomic E-state index is 14.3. The molecule has 0 atom stereocenters. The summed E-state index contributed by atoms with van der Waals surface area (Å²) in [5, 5.41) is 17.5. The van der Waals surface area contributed by atoms with Crippen LogP contribution in [0, 0.1) is 0 Å². The minimum Gasteiger partial charge on any atom is -0.322 e. The van der Waals surface area contributed by atoms with Gasteiger partial charge in [0.1, 0.15) is 5.69 Å². The second-order valence-corrected chi connectivity index (χ2v) is 13.2. The smallest absolute Gasteiger partial charge is 0.256 e. The molecule has 0 aliphatic heterocycles. The van der Waals surface area contributed by atoms with Crippen molar-refractivity contribution in [3.05, 3.63) is 179 Å². The summed E-state index contributed by atoms with van der Waals surface area (Å²) < 4.78 is 0. The Bertz CT molecular complexity index is 2720. The summed E-state index contributed by atoms with van der Waals surface area (Å²) in [5.41, 5.74) is 6.84. The molecule has 2 heterocycles. The summed E-state index contributed by atoms with van der Waals surface area (Å²) in [4.78, 5) is 37.9. The average molecular weight is 744 g/mol. The molecule has 0 saturated carbocycles. The van der Waals surface area contributed by atoms with Gasteiger partial charge in [-0.05, 0) is 78.9 Å². The van der Waals surface area contributed by atoms with E-state index in [0.717, 1.165) is 11.1 Å². The van der Waals surface area contributed by atoms with E-state index in [9.17, 15) is 9.59 Å². The van der Waals surface area contributed by atoms with E-state index in [1.165, 1.54) is 0 Å². The van der Waals surface area contributed by atoms with E-state index < -0.39 is 5.91 Å². The number of azo groups is 1. The van der Waals surface area contributed by atoms with Crippen LogP contribution in [0.3, 0.4) is 0 Å². The number of rotatable bonds is 8. The lowest BCUT2D eigenvalue weighted by Crippen LogP contribution is -2.15. The van der Waals surface area contributed by atoms with Crippen molar-refractivity contribution in [2.24, 2.45) is 10.2 Å². The number of nitrogens with one attached hydrogen (secondary N) is 2. The molecule has 8 aromatic rings. The van der Waals surface area contributed by atoms with E-state index in [-0.39, 0.29) is 5.91 Å². The summed E-state index contributed by atoms with van der Waals surface area (Å²) in [7, 11) is 0. The number of hydrogen-bond donors (Lipinski definition) is 2. The molecular weight excluding hydrogens is 715 g/mol. The average Bonchev–Trinajstić information content (AvgIpc) is 3.20. The monoisotopic (exact) mass is 742 g/mol. The maximum absolute atomic E-state index is 14.3. The van der Waals surface area contributed by atoms with Crippen LogP contribution in [-0.4, -0.2) is 21.8 Å². The van der Waals surface area contributed by atoms with Gasteiger partial charge < -0.3 is 10.6 Å². The third kappa shape index (κ3) is 7.43. The summed E-state index contributed by atoms with van der Waals surface area (Å²) in [6, 6.07) is 47.4. The standard InChI is InChI=1S/C44H28Cl2N6O2/c45-29-18-14-27(15-19-29)40-25-35(33-10-4-6-12-37(33)48-40)43(53)47-32-22-23-39(52-51-31-8-2-1-3-9-31)42(24-32)50-44(54)36-26-41(28-16-20-30(46)21-17-28)49-38-13-7-5-11-34(36)38/h1-26H,(H,47,53)(H,50,54). The second-order valence-electron chi connectivity index (χ2n) is 12.3. The number of benzene rings is 6. The molecule has 10 heteroatoms. The Balaban J connectivity index is 1.17. The minimum absolute atomic E-state index is 0.341. The SMILES string of the molecule is O=C(Nc1ccc(N=Nc2ccccc2)c(NC(=O)c2cc(-c3ccc(Cl)cc3)nc3ccccc23)c1)c1cc(-c2ccc(Cl)cc2)nc2ccccc12. The largest absolute Gasteiger partial charge is 0.322 e. The Morgan fingerprint density at radius 1 is 0.500 bits per heavy atom. The number of nitrogens with zero attached hydrogens (tertiary/aromatic N) is 4. The fourth-order valence-corrected chi connectivity index (χ4v) is 6.31. The van der Waals surface area contributed by atoms with Crippen LogP contribution in [0.1, 0.15) is 20.7 Å². The zero-order chi connectivity index (χ0) is 37.0. The molecule has 0 fully saturated rings. The zero-order valence-electron chi connectivity index (χ0n) is 28.4. The predicted molar refractivity (Wildman–Crippen MR) is 217 cm³/mol. The molecule has 0 unspecified atom stereocenters. The number of carbonyl (C=O) groups is 2. The summed E-state index contributed by atoms with van der Waals surface area (Å²) in [6.07, 6.45) is 0. The number of hydrogen-bond acceptors (Lipinski definition) is 6. The van der Waals surface area contributed by atoms with Crippen molar-refractivity contribution in [1.82, 2.24) is 9.97 Å². The Morgan fingerprint density at radius 3 is 1.56 bits per heavy atom. The van der Waals surface area contributed by atoms with Gasteiger partial charge in [-0.3, -0.25) is 9.59 Å². The Labute approximate surface area is 320 Å². The summed E-state index contributed by atoms with van der Waals surface area (Å²) in [5.74, 6) is -0.747. The Hall–Kier alpha value is -6.74. The number of anilines is 2. The lowest BCUT2D eigenvalue weighted by atomic mass is 10.0. The molecule has 2 aromatic heterocycles. The highest BCUT2D eigenvalue weighted by Crippen LogP contribution is 2.33. The normalized spacial score (nSPS) is 11.2. The molecule has 0 spiro atoms. The number of para-hydroxylation sites is 2. The zero-order valence-corrected chi connectivity index (χ0v) is 29.9. The third-order valence-corrected chi connectivity index (χ3v) is 9.24. The minimum atomic E-state index is -0.392. The van der Waals surface area contributed by atoms with Gasteiger partial charge in [0, 0.05) is 37.6 Å². The lowest BCUT2D eigenvalue weighted by Gasteiger charge is -2.14. The van der Waals surface area contributed by atoms with Crippen molar-refractivity contribution >= 4 is 79.6 Å².